The number of benzene rings is 1. The number of halogens is 1. The predicted molar refractivity (Wildman–Crippen MR) is 94.9 cm³/mol. The van der Waals surface area contributed by atoms with Crippen molar-refractivity contribution in [2.75, 3.05) is 12.4 Å². The zero-order chi connectivity index (χ0) is 19.0. The van der Waals surface area contributed by atoms with Crippen molar-refractivity contribution in [3.63, 3.8) is 0 Å². The maximum atomic E-state index is 14.0. The third kappa shape index (κ3) is 3.25. The second kappa shape index (κ2) is 6.78. The summed E-state index contributed by atoms with van der Waals surface area (Å²) in [7, 11) is 1.40. The van der Waals surface area contributed by atoms with Gasteiger partial charge in [0.2, 0.25) is 11.9 Å². The normalized spacial score (nSPS) is 19.3. The second-order valence-corrected chi connectivity index (χ2v) is 6.48. The summed E-state index contributed by atoms with van der Waals surface area (Å²) in [6.45, 7) is 0. The van der Waals surface area contributed by atoms with Gasteiger partial charge in [-0.2, -0.15) is 9.67 Å². The van der Waals surface area contributed by atoms with Crippen molar-refractivity contribution >= 4 is 23.0 Å². The number of primary amides is 1. The van der Waals surface area contributed by atoms with Crippen LogP contribution in [0.5, 0.6) is 5.75 Å². The van der Waals surface area contributed by atoms with Crippen molar-refractivity contribution in [3.05, 3.63) is 30.2 Å². The quantitative estimate of drug-likeness (QED) is 0.696. The molecule has 140 valence electrons. The van der Waals surface area contributed by atoms with Crippen LogP contribution in [0.1, 0.15) is 19.3 Å². The fourth-order valence-electron chi connectivity index (χ4n) is 3.31. The first-order valence-electron chi connectivity index (χ1n) is 8.53. The van der Waals surface area contributed by atoms with Gasteiger partial charge in [0, 0.05) is 18.0 Å². The zero-order valence-electron chi connectivity index (χ0n) is 14.6. The Morgan fingerprint density at radius 1 is 1.41 bits per heavy atom. The zero-order valence-corrected chi connectivity index (χ0v) is 14.6. The van der Waals surface area contributed by atoms with E-state index in [-0.39, 0.29) is 23.6 Å². The Hall–Kier alpha value is -3.30. The number of rotatable bonds is 5. The number of nitrogens with one attached hydrogen (secondary N) is 1. The van der Waals surface area contributed by atoms with Gasteiger partial charge >= 0.3 is 0 Å². The summed E-state index contributed by atoms with van der Waals surface area (Å²) in [4.78, 5) is 20.0. The molecule has 1 aliphatic carbocycles. The van der Waals surface area contributed by atoms with Gasteiger partial charge in [0.05, 0.1) is 19.0 Å². The van der Waals surface area contributed by atoms with E-state index in [1.165, 1.54) is 23.9 Å². The summed E-state index contributed by atoms with van der Waals surface area (Å²) in [5, 5.41) is 11.3. The molecule has 1 fully saturated rings. The van der Waals surface area contributed by atoms with Gasteiger partial charge in [-0.25, -0.2) is 9.37 Å². The molecular weight excluding hydrogens is 353 g/mol. The van der Waals surface area contributed by atoms with E-state index >= 15 is 0 Å². The lowest BCUT2D eigenvalue weighted by molar-refractivity contribution is -0.121. The van der Waals surface area contributed by atoms with Crippen LogP contribution >= 0.6 is 0 Å². The molecule has 2 aromatic heterocycles. The molecule has 3 N–H and O–H groups in total. The number of ether oxygens (including phenoxy) is 1. The van der Waals surface area contributed by atoms with Crippen molar-refractivity contribution in [2.45, 2.75) is 25.3 Å². The Balaban J connectivity index is 1.62. The number of methoxy groups -OCH3 is 1. The number of fused-ring (bicyclic) bond motifs is 1. The minimum Gasteiger partial charge on any atom is -0.494 e. The highest BCUT2D eigenvalue weighted by molar-refractivity contribution is 5.77. The molecule has 2 heterocycles. The van der Waals surface area contributed by atoms with Crippen LogP contribution in [0, 0.1) is 11.7 Å². The Morgan fingerprint density at radius 2 is 2.26 bits per heavy atom. The SMILES string of the molecule is COc1ccc(-n2nnc3cnc(NC4CCC(C(N)=O)C4)nc32)cc1F. The van der Waals surface area contributed by atoms with E-state index in [1.54, 1.807) is 12.3 Å². The van der Waals surface area contributed by atoms with Gasteiger partial charge < -0.3 is 15.8 Å². The molecular formula is C17H18FN7O2. The summed E-state index contributed by atoms with van der Waals surface area (Å²) in [6.07, 6.45) is 3.77. The number of anilines is 1. The molecule has 1 aliphatic rings. The summed E-state index contributed by atoms with van der Waals surface area (Å²) in [6, 6.07) is 4.56. The van der Waals surface area contributed by atoms with Gasteiger partial charge in [0.1, 0.15) is 0 Å². The third-order valence-electron chi connectivity index (χ3n) is 4.74. The van der Waals surface area contributed by atoms with Crippen LogP contribution in [0.2, 0.25) is 0 Å². The first kappa shape index (κ1) is 17.1. The van der Waals surface area contributed by atoms with Crippen LogP contribution in [0.4, 0.5) is 10.3 Å². The first-order chi connectivity index (χ1) is 13.0. The Morgan fingerprint density at radius 3 is 2.96 bits per heavy atom. The number of carbonyl (C=O) groups excluding carboxylic acids is 1. The van der Waals surface area contributed by atoms with Gasteiger partial charge in [0.25, 0.3) is 0 Å². The summed E-state index contributed by atoms with van der Waals surface area (Å²) >= 11 is 0. The first-order valence-corrected chi connectivity index (χ1v) is 8.53. The summed E-state index contributed by atoms with van der Waals surface area (Å²) in [5.41, 5.74) is 6.77. The van der Waals surface area contributed by atoms with Crippen molar-refractivity contribution in [2.24, 2.45) is 11.7 Å². The van der Waals surface area contributed by atoms with Crippen molar-refractivity contribution in [1.29, 1.82) is 0 Å². The van der Waals surface area contributed by atoms with E-state index in [1.807, 2.05) is 0 Å². The molecule has 27 heavy (non-hydrogen) atoms. The maximum Gasteiger partial charge on any atom is 0.225 e. The fraction of sp³-hybridized carbons (Fsp3) is 0.353. The van der Waals surface area contributed by atoms with Crippen LogP contribution < -0.4 is 15.8 Å². The highest BCUT2D eigenvalue weighted by Crippen LogP contribution is 2.27. The molecule has 1 saturated carbocycles. The second-order valence-electron chi connectivity index (χ2n) is 6.48. The van der Waals surface area contributed by atoms with E-state index in [0.29, 0.717) is 29.2 Å². The van der Waals surface area contributed by atoms with Crippen LogP contribution in [-0.2, 0) is 4.79 Å². The van der Waals surface area contributed by atoms with E-state index in [2.05, 4.69) is 25.6 Å². The van der Waals surface area contributed by atoms with Crippen LogP contribution in [0.25, 0.3) is 16.9 Å². The van der Waals surface area contributed by atoms with Crippen molar-refractivity contribution < 1.29 is 13.9 Å². The third-order valence-corrected chi connectivity index (χ3v) is 4.74. The van der Waals surface area contributed by atoms with E-state index in [4.69, 9.17) is 10.5 Å². The molecule has 0 bridgehead atoms. The van der Waals surface area contributed by atoms with Gasteiger partial charge in [-0.3, -0.25) is 4.79 Å². The Labute approximate surface area is 153 Å². The lowest BCUT2D eigenvalue weighted by Crippen LogP contribution is -2.23. The van der Waals surface area contributed by atoms with Gasteiger partial charge in [0.15, 0.2) is 22.7 Å². The molecule has 1 amide bonds. The molecule has 3 aromatic rings. The van der Waals surface area contributed by atoms with E-state index < -0.39 is 5.82 Å². The lowest BCUT2D eigenvalue weighted by atomic mass is 10.1. The molecule has 4 rings (SSSR count). The van der Waals surface area contributed by atoms with Gasteiger partial charge in [-0.05, 0) is 31.4 Å². The smallest absolute Gasteiger partial charge is 0.225 e. The van der Waals surface area contributed by atoms with Crippen molar-refractivity contribution in [3.8, 4) is 11.4 Å². The van der Waals surface area contributed by atoms with Crippen LogP contribution in [0.3, 0.4) is 0 Å². The number of hydrogen-bond donors (Lipinski definition) is 2. The molecule has 10 heteroatoms. The number of carbonyl (C=O) groups is 1. The van der Waals surface area contributed by atoms with Crippen LogP contribution in [0.15, 0.2) is 24.4 Å². The Kier molecular flexibility index (Phi) is 4.30. The summed E-state index contributed by atoms with van der Waals surface area (Å²) in [5.74, 6) is -0.366. The summed E-state index contributed by atoms with van der Waals surface area (Å²) < 4.78 is 20.4. The predicted octanol–water partition coefficient (Wildman–Crippen LogP) is 1.42. The highest BCUT2D eigenvalue weighted by atomic mass is 19.1. The average Bonchev–Trinajstić information content (AvgIpc) is 3.28. The largest absolute Gasteiger partial charge is 0.494 e. The standard InChI is InChI=1S/C17H18FN7O2/c1-27-14-5-4-11(7-12(14)18)25-16-13(23-24-25)8-20-17(22-16)21-10-3-2-9(6-10)15(19)26/h4-5,7-10H,2-3,6H2,1H3,(H2,19,26)(H,20,21,22). The van der Waals surface area contributed by atoms with E-state index in [0.717, 1.165) is 12.8 Å². The van der Waals surface area contributed by atoms with E-state index in [9.17, 15) is 9.18 Å². The number of nitrogens with zero attached hydrogens (tertiary/aromatic N) is 5. The minimum absolute atomic E-state index is 0.0720. The lowest BCUT2D eigenvalue weighted by Gasteiger charge is -2.12. The van der Waals surface area contributed by atoms with Gasteiger partial charge in [-0.1, -0.05) is 5.21 Å². The Bertz CT molecular complexity index is 1010. The molecule has 9 nitrogen and oxygen atoms in total. The average molecular weight is 371 g/mol. The molecule has 0 saturated heterocycles. The molecule has 0 aliphatic heterocycles. The molecule has 1 aromatic carbocycles. The number of nitrogens with two attached hydrogens (primary N) is 1. The minimum atomic E-state index is -0.505. The van der Waals surface area contributed by atoms with Crippen molar-refractivity contribution in [1.82, 2.24) is 25.0 Å². The number of aromatic nitrogens is 5. The number of hydrogen-bond acceptors (Lipinski definition) is 7. The molecule has 2 unspecified atom stereocenters. The molecule has 0 spiro atoms. The maximum absolute atomic E-state index is 14.0. The molecule has 0 radical (unpaired) electrons. The number of amides is 1. The monoisotopic (exact) mass is 371 g/mol. The molecule has 2 atom stereocenters. The fourth-order valence-corrected chi connectivity index (χ4v) is 3.31. The topological polar surface area (TPSA) is 121 Å². The van der Waals surface area contributed by atoms with Crippen LogP contribution in [-0.4, -0.2) is 44.0 Å². The van der Waals surface area contributed by atoms with Gasteiger partial charge in [-0.15, -0.1) is 5.10 Å². The highest BCUT2D eigenvalue weighted by Gasteiger charge is 2.28.